The van der Waals surface area contributed by atoms with Crippen LogP contribution >= 0.6 is 22.6 Å². The lowest BCUT2D eigenvalue weighted by atomic mass is 10.1. The summed E-state index contributed by atoms with van der Waals surface area (Å²) in [5.41, 5.74) is 0. The Labute approximate surface area is 87.1 Å². The van der Waals surface area contributed by atoms with Gasteiger partial charge in [0.05, 0.1) is 0 Å². The number of hydrogen-bond acceptors (Lipinski definition) is 1. The fraction of sp³-hybridized carbons (Fsp3) is 0.667. The summed E-state index contributed by atoms with van der Waals surface area (Å²) in [4.78, 5) is 13.3. The van der Waals surface area contributed by atoms with Crippen molar-refractivity contribution in [1.29, 1.82) is 0 Å². The minimum absolute atomic E-state index is 0.186. The summed E-state index contributed by atoms with van der Waals surface area (Å²) in [6, 6.07) is 0. The Hall–Kier alpha value is -0.0600. The number of alkyl halides is 1. The molecule has 1 amide bonds. The van der Waals surface area contributed by atoms with Crippen LogP contribution in [0.3, 0.4) is 0 Å². The zero-order valence-corrected chi connectivity index (χ0v) is 9.29. The summed E-state index contributed by atoms with van der Waals surface area (Å²) in [6.45, 7) is 1.90. The first-order valence-electron chi connectivity index (χ1n) is 4.36. The minimum atomic E-state index is 0.186. The van der Waals surface area contributed by atoms with E-state index in [0.29, 0.717) is 0 Å². The summed E-state index contributed by atoms with van der Waals surface area (Å²) >= 11 is 2.23. The second kappa shape index (κ2) is 5.56. The van der Waals surface area contributed by atoms with Crippen molar-refractivity contribution < 1.29 is 4.79 Å². The molecule has 0 aliphatic carbocycles. The maximum atomic E-state index is 11.4. The first-order chi connectivity index (χ1) is 5.84. The van der Waals surface area contributed by atoms with Crippen LogP contribution in [0, 0.1) is 0 Å². The van der Waals surface area contributed by atoms with Gasteiger partial charge in [0.15, 0.2) is 0 Å². The van der Waals surface area contributed by atoms with Crippen molar-refractivity contribution in [2.45, 2.75) is 19.3 Å². The van der Waals surface area contributed by atoms with Gasteiger partial charge in [-0.15, -0.1) is 0 Å². The van der Waals surface area contributed by atoms with Crippen molar-refractivity contribution in [2.75, 3.05) is 17.5 Å². The van der Waals surface area contributed by atoms with E-state index in [9.17, 15) is 4.79 Å². The van der Waals surface area contributed by atoms with Crippen LogP contribution in [0.25, 0.3) is 0 Å². The molecule has 0 aromatic heterocycles. The molecule has 0 unspecified atom stereocenters. The van der Waals surface area contributed by atoms with Crippen LogP contribution in [-0.4, -0.2) is 28.3 Å². The molecule has 1 aliphatic heterocycles. The molecule has 0 bridgehead atoms. The standard InChI is InChI=1S/C9H14INO/c10-6-4-5-9(12)11-7-2-1-3-8-11/h4-5H,1-3,6-8H2/b5-4+. The highest BCUT2D eigenvalue weighted by Crippen LogP contribution is 2.08. The molecule has 0 spiro atoms. The van der Waals surface area contributed by atoms with Crippen LogP contribution in [0.15, 0.2) is 12.2 Å². The number of carbonyl (C=O) groups excluding carboxylic acids is 1. The fourth-order valence-electron chi connectivity index (χ4n) is 1.37. The number of hydrogen-bond donors (Lipinski definition) is 0. The van der Waals surface area contributed by atoms with Gasteiger partial charge in [-0.3, -0.25) is 4.79 Å². The van der Waals surface area contributed by atoms with Crippen molar-refractivity contribution in [3.8, 4) is 0 Å². The van der Waals surface area contributed by atoms with Gasteiger partial charge in [0.2, 0.25) is 5.91 Å². The van der Waals surface area contributed by atoms with Gasteiger partial charge in [0.25, 0.3) is 0 Å². The third kappa shape index (κ3) is 3.13. The molecule has 0 radical (unpaired) electrons. The lowest BCUT2D eigenvalue weighted by molar-refractivity contribution is -0.126. The Balaban J connectivity index is 2.34. The van der Waals surface area contributed by atoms with Gasteiger partial charge in [0.1, 0.15) is 0 Å². The van der Waals surface area contributed by atoms with E-state index in [4.69, 9.17) is 0 Å². The summed E-state index contributed by atoms with van der Waals surface area (Å²) in [6.07, 6.45) is 7.22. The molecule has 68 valence electrons. The molecule has 3 heteroatoms. The largest absolute Gasteiger partial charge is 0.339 e. The molecule has 1 heterocycles. The van der Waals surface area contributed by atoms with E-state index >= 15 is 0 Å². The van der Waals surface area contributed by atoms with Gasteiger partial charge in [-0.1, -0.05) is 28.7 Å². The van der Waals surface area contributed by atoms with Crippen molar-refractivity contribution in [3.05, 3.63) is 12.2 Å². The van der Waals surface area contributed by atoms with Gasteiger partial charge >= 0.3 is 0 Å². The number of nitrogens with zero attached hydrogens (tertiary/aromatic N) is 1. The van der Waals surface area contributed by atoms with E-state index in [1.54, 1.807) is 6.08 Å². The molecule has 0 atom stereocenters. The maximum Gasteiger partial charge on any atom is 0.246 e. The number of rotatable bonds is 2. The average molecular weight is 279 g/mol. The molecule has 12 heavy (non-hydrogen) atoms. The highest BCUT2D eigenvalue weighted by molar-refractivity contribution is 14.1. The molecular formula is C9H14INO. The average Bonchev–Trinajstić information content (AvgIpc) is 2.15. The highest BCUT2D eigenvalue weighted by atomic mass is 127. The molecule has 1 aliphatic rings. The number of piperidine rings is 1. The second-order valence-corrected chi connectivity index (χ2v) is 3.82. The van der Waals surface area contributed by atoms with Crippen LogP contribution in [0.2, 0.25) is 0 Å². The summed E-state index contributed by atoms with van der Waals surface area (Å²) in [5, 5.41) is 0. The molecule has 0 aromatic rings. The van der Waals surface area contributed by atoms with Crippen LogP contribution in [0.4, 0.5) is 0 Å². The van der Waals surface area contributed by atoms with Gasteiger partial charge < -0.3 is 4.90 Å². The second-order valence-electron chi connectivity index (χ2n) is 2.94. The Morgan fingerprint density at radius 2 is 2.00 bits per heavy atom. The molecule has 0 N–H and O–H groups in total. The molecule has 0 saturated carbocycles. The topological polar surface area (TPSA) is 20.3 Å². The normalized spacial score (nSPS) is 18.6. The number of carbonyl (C=O) groups is 1. The summed E-state index contributed by atoms with van der Waals surface area (Å²) in [5.74, 6) is 0.186. The molecule has 1 saturated heterocycles. The minimum Gasteiger partial charge on any atom is -0.339 e. The fourth-order valence-corrected chi connectivity index (χ4v) is 1.62. The van der Waals surface area contributed by atoms with E-state index < -0.39 is 0 Å². The molecule has 1 fully saturated rings. The van der Waals surface area contributed by atoms with Gasteiger partial charge in [-0.05, 0) is 25.3 Å². The number of amides is 1. The van der Waals surface area contributed by atoms with Crippen LogP contribution < -0.4 is 0 Å². The van der Waals surface area contributed by atoms with Crippen molar-refractivity contribution in [1.82, 2.24) is 4.90 Å². The molecule has 2 nitrogen and oxygen atoms in total. The Morgan fingerprint density at radius 1 is 1.33 bits per heavy atom. The zero-order valence-electron chi connectivity index (χ0n) is 7.13. The quantitative estimate of drug-likeness (QED) is 0.430. The number of likely N-dealkylation sites (tertiary alicyclic amines) is 1. The van der Waals surface area contributed by atoms with Crippen LogP contribution in [-0.2, 0) is 4.79 Å². The Morgan fingerprint density at radius 3 is 2.58 bits per heavy atom. The number of halogens is 1. The highest BCUT2D eigenvalue weighted by Gasteiger charge is 2.12. The zero-order chi connectivity index (χ0) is 8.81. The summed E-state index contributed by atoms with van der Waals surface area (Å²) in [7, 11) is 0. The maximum absolute atomic E-state index is 11.4. The van der Waals surface area contributed by atoms with E-state index in [-0.39, 0.29) is 5.91 Å². The van der Waals surface area contributed by atoms with Crippen LogP contribution in [0.5, 0.6) is 0 Å². The van der Waals surface area contributed by atoms with Crippen molar-refractivity contribution in [2.24, 2.45) is 0 Å². The predicted octanol–water partition coefficient (Wildman–Crippen LogP) is 1.99. The molecule has 0 aromatic carbocycles. The smallest absolute Gasteiger partial charge is 0.246 e. The van der Waals surface area contributed by atoms with E-state index in [2.05, 4.69) is 22.6 Å². The summed E-state index contributed by atoms with van der Waals surface area (Å²) < 4.78 is 0.914. The SMILES string of the molecule is O=C(/C=C/CI)N1CCCCC1. The first-order valence-corrected chi connectivity index (χ1v) is 5.88. The third-order valence-corrected chi connectivity index (χ3v) is 2.53. The van der Waals surface area contributed by atoms with Gasteiger partial charge in [0, 0.05) is 17.5 Å². The monoisotopic (exact) mass is 279 g/mol. The van der Waals surface area contributed by atoms with Crippen molar-refractivity contribution in [3.63, 3.8) is 0 Å². The van der Waals surface area contributed by atoms with Crippen molar-refractivity contribution >= 4 is 28.5 Å². The third-order valence-electron chi connectivity index (χ3n) is 2.02. The first kappa shape index (κ1) is 10.0. The predicted molar refractivity (Wildman–Crippen MR) is 58.5 cm³/mol. The molecular weight excluding hydrogens is 265 g/mol. The Bertz CT molecular complexity index is 173. The van der Waals surface area contributed by atoms with Gasteiger partial charge in [-0.2, -0.15) is 0 Å². The molecule has 1 rings (SSSR count). The van der Waals surface area contributed by atoms with E-state index in [0.717, 1.165) is 17.5 Å². The van der Waals surface area contributed by atoms with E-state index in [1.165, 1.54) is 19.3 Å². The Kier molecular flexibility index (Phi) is 4.65. The number of allylic oxidation sites excluding steroid dienone is 1. The lowest BCUT2D eigenvalue weighted by Crippen LogP contribution is -2.34. The van der Waals surface area contributed by atoms with Crippen LogP contribution in [0.1, 0.15) is 19.3 Å². The van der Waals surface area contributed by atoms with Gasteiger partial charge in [-0.25, -0.2) is 0 Å². The lowest BCUT2D eigenvalue weighted by Gasteiger charge is -2.25. The van der Waals surface area contributed by atoms with E-state index in [1.807, 2.05) is 11.0 Å².